The van der Waals surface area contributed by atoms with Gasteiger partial charge in [0.05, 0.1) is 40.3 Å². The van der Waals surface area contributed by atoms with E-state index in [1.807, 2.05) is 0 Å². The molecule has 13 nitrogen and oxygen atoms in total. The Kier molecular flexibility index (Phi) is 5.75. The fraction of sp³-hybridized carbons (Fsp3) is 0.125. The zero-order valence-electron chi connectivity index (χ0n) is 23.5. The molecule has 0 amide bonds. The summed E-state index contributed by atoms with van der Waals surface area (Å²) in [4.78, 5) is 52.4. The Labute approximate surface area is 252 Å². The summed E-state index contributed by atoms with van der Waals surface area (Å²) in [5.74, 6) is -3.97. The Balaban J connectivity index is 1.54. The maximum Gasteiger partial charge on any atom is 0.295 e. The highest BCUT2D eigenvalue weighted by Crippen LogP contribution is 2.54. The van der Waals surface area contributed by atoms with E-state index in [1.165, 1.54) is 44.5 Å². The number of fused-ring (bicyclic) bond motifs is 6. The third-order valence-corrected chi connectivity index (χ3v) is 8.52. The van der Waals surface area contributed by atoms with Crippen molar-refractivity contribution < 1.29 is 39.7 Å². The van der Waals surface area contributed by atoms with Crippen molar-refractivity contribution in [3.8, 4) is 45.6 Å². The van der Waals surface area contributed by atoms with Crippen molar-refractivity contribution in [3.05, 3.63) is 102 Å². The standard InChI is InChI=1S/C32H21N3O10/c1-12-19(36)10-16-23(26(12)37)30(41)25-24(27(16)38)29(40)22-15(31(25)45-2)8-7-13-9-14-11-33-34(32(42)21(14)28(39)20(13)22)17-5-3-4-6-18(17)35(43)44/h3-6,9-11,36-37,39-40H,7-8H2,1-2H3. The molecule has 0 saturated heterocycles. The van der Waals surface area contributed by atoms with Gasteiger partial charge in [-0.3, -0.25) is 24.5 Å². The molecule has 0 spiro atoms. The Morgan fingerprint density at radius 2 is 1.62 bits per heavy atom. The molecule has 13 heteroatoms. The van der Waals surface area contributed by atoms with Gasteiger partial charge in [0.15, 0.2) is 5.78 Å². The first-order chi connectivity index (χ1) is 21.5. The molecule has 2 aliphatic rings. The molecule has 5 aromatic rings. The number of hydrogen-bond acceptors (Lipinski definition) is 11. The minimum Gasteiger partial charge on any atom is -0.508 e. The van der Waals surface area contributed by atoms with E-state index >= 15 is 0 Å². The van der Waals surface area contributed by atoms with Gasteiger partial charge in [-0.25, -0.2) is 0 Å². The van der Waals surface area contributed by atoms with E-state index in [-0.39, 0.29) is 79.7 Å². The van der Waals surface area contributed by atoms with E-state index in [9.17, 15) is 44.9 Å². The van der Waals surface area contributed by atoms with Crippen molar-refractivity contribution in [3.63, 3.8) is 0 Å². The van der Waals surface area contributed by atoms with Crippen LogP contribution in [0.1, 0.15) is 48.5 Å². The molecule has 4 N–H and O–H groups in total. The van der Waals surface area contributed by atoms with Gasteiger partial charge in [0.1, 0.15) is 34.4 Å². The number of aromatic nitrogens is 2. The average molecular weight is 608 g/mol. The molecule has 0 fully saturated rings. The van der Waals surface area contributed by atoms with E-state index in [0.717, 1.165) is 10.7 Å². The summed E-state index contributed by atoms with van der Waals surface area (Å²) >= 11 is 0. The molecule has 4 aromatic carbocycles. The molecule has 45 heavy (non-hydrogen) atoms. The highest BCUT2D eigenvalue weighted by atomic mass is 16.6. The number of methoxy groups -OCH3 is 1. The van der Waals surface area contributed by atoms with E-state index in [1.54, 1.807) is 6.07 Å². The summed E-state index contributed by atoms with van der Waals surface area (Å²) in [5, 5.41) is 60.2. The number of phenols is 4. The number of benzene rings is 4. The van der Waals surface area contributed by atoms with E-state index in [0.29, 0.717) is 5.56 Å². The summed E-state index contributed by atoms with van der Waals surface area (Å²) in [6.45, 7) is 1.38. The Bertz CT molecular complexity index is 2300. The Morgan fingerprint density at radius 3 is 2.33 bits per heavy atom. The van der Waals surface area contributed by atoms with Crippen LogP contribution in [0.3, 0.4) is 0 Å². The fourth-order valence-corrected chi connectivity index (χ4v) is 6.41. The highest BCUT2D eigenvalue weighted by Gasteiger charge is 2.42. The van der Waals surface area contributed by atoms with Crippen LogP contribution in [0.5, 0.6) is 28.7 Å². The van der Waals surface area contributed by atoms with Crippen molar-refractivity contribution in [2.45, 2.75) is 19.8 Å². The third-order valence-electron chi connectivity index (χ3n) is 8.52. The zero-order valence-corrected chi connectivity index (χ0v) is 23.5. The number of hydrogen-bond donors (Lipinski definition) is 4. The number of carbonyl (C=O) groups excluding carboxylic acids is 2. The summed E-state index contributed by atoms with van der Waals surface area (Å²) in [5.41, 5.74) is -2.05. The van der Waals surface area contributed by atoms with Gasteiger partial charge in [-0.2, -0.15) is 9.78 Å². The number of rotatable bonds is 3. The minimum atomic E-state index is -0.876. The third kappa shape index (κ3) is 3.54. The van der Waals surface area contributed by atoms with Crippen LogP contribution in [-0.4, -0.2) is 53.8 Å². The number of ether oxygens (including phenoxy) is 1. The summed E-state index contributed by atoms with van der Waals surface area (Å²) < 4.78 is 6.43. The molecule has 2 aliphatic carbocycles. The molecule has 0 saturated carbocycles. The van der Waals surface area contributed by atoms with Crippen LogP contribution in [0.15, 0.2) is 47.4 Å². The number of nitro groups is 1. The monoisotopic (exact) mass is 607 g/mol. The summed E-state index contributed by atoms with van der Waals surface area (Å²) in [7, 11) is 1.27. The second kappa shape index (κ2) is 9.38. The Hall–Kier alpha value is -6.24. The molecule has 7 rings (SSSR count). The smallest absolute Gasteiger partial charge is 0.295 e. The maximum absolute atomic E-state index is 13.8. The van der Waals surface area contributed by atoms with Gasteiger partial charge in [0.2, 0.25) is 5.78 Å². The second-order valence-electron chi connectivity index (χ2n) is 10.8. The number of para-hydroxylation sites is 2. The molecule has 224 valence electrons. The number of aromatic hydroxyl groups is 4. The normalized spacial score (nSPS) is 13.2. The SMILES string of the molecule is COc1c2c(c(O)c3c1C(=O)c1c(cc(O)c(C)c1O)C3=O)-c1c(cc3cnn(-c4ccccc4[N+](=O)[O-])c(=O)c3c1O)CC2. The number of aryl methyl sites for hydroxylation is 1. The topological polar surface area (TPSA) is 202 Å². The van der Waals surface area contributed by atoms with Crippen LogP contribution in [-0.2, 0) is 12.8 Å². The molecular weight excluding hydrogens is 586 g/mol. The lowest BCUT2D eigenvalue weighted by molar-refractivity contribution is -0.384. The van der Waals surface area contributed by atoms with Gasteiger partial charge < -0.3 is 25.2 Å². The van der Waals surface area contributed by atoms with Crippen molar-refractivity contribution in [1.82, 2.24) is 9.78 Å². The highest BCUT2D eigenvalue weighted by molar-refractivity contribution is 6.32. The number of ketones is 2. The van der Waals surface area contributed by atoms with Gasteiger partial charge in [-0.1, -0.05) is 12.1 Å². The molecule has 0 aliphatic heterocycles. The van der Waals surface area contributed by atoms with E-state index in [4.69, 9.17) is 4.74 Å². The van der Waals surface area contributed by atoms with Crippen LogP contribution in [0.25, 0.3) is 27.6 Å². The number of phenolic OH excluding ortho intramolecular Hbond substituents is 4. The quantitative estimate of drug-likeness (QED) is 0.167. The maximum atomic E-state index is 13.8. The van der Waals surface area contributed by atoms with Gasteiger partial charge in [0.25, 0.3) is 11.2 Å². The van der Waals surface area contributed by atoms with E-state index in [2.05, 4.69) is 5.10 Å². The number of nitrogens with zero attached hydrogens (tertiary/aromatic N) is 3. The largest absolute Gasteiger partial charge is 0.508 e. The van der Waals surface area contributed by atoms with Crippen LogP contribution in [0.4, 0.5) is 5.69 Å². The number of carbonyl (C=O) groups is 2. The summed E-state index contributed by atoms with van der Waals surface area (Å²) in [6.07, 6.45) is 1.76. The molecule has 0 bridgehead atoms. The molecule has 0 atom stereocenters. The van der Waals surface area contributed by atoms with Gasteiger partial charge in [-0.15, -0.1) is 0 Å². The molecular formula is C32H21N3O10. The lowest BCUT2D eigenvalue weighted by Gasteiger charge is -2.29. The predicted octanol–water partition coefficient (Wildman–Crippen LogP) is 3.97. The lowest BCUT2D eigenvalue weighted by atomic mass is 9.75. The average Bonchev–Trinajstić information content (AvgIpc) is 3.02. The lowest BCUT2D eigenvalue weighted by Crippen LogP contribution is -2.25. The first kappa shape index (κ1) is 27.6. The van der Waals surface area contributed by atoms with Gasteiger partial charge >= 0.3 is 0 Å². The van der Waals surface area contributed by atoms with Crippen LogP contribution < -0.4 is 10.3 Å². The zero-order chi connectivity index (χ0) is 32.1. The van der Waals surface area contributed by atoms with Gasteiger partial charge in [0, 0.05) is 39.3 Å². The first-order valence-electron chi connectivity index (χ1n) is 13.6. The van der Waals surface area contributed by atoms with Crippen LogP contribution in [0.2, 0.25) is 0 Å². The molecule has 1 heterocycles. The minimum absolute atomic E-state index is 0.00814. The second-order valence-corrected chi connectivity index (χ2v) is 10.8. The van der Waals surface area contributed by atoms with Crippen molar-refractivity contribution in [2.75, 3.05) is 7.11 Å². The van der Waals surface area contributed by atoms with E-state index < -0.39 is 50.6 Å². The predicted molar refractivity (Wildman–Crippen MR) is 158 cm³/mol. The van der Waals surface area contributed by atoms with Crippen molar-refractivity contribution in [1.29, 1.82) is 0 Å². The first-order valence-corrected chi connectivity index (χ1v) is 13.6. The molecule has 1 aromatic heterocycles. The number of nitro benzene ring substituents is 1. The molecule has 0 unspecified atom stereocenters. The van der Waals surface area contributed by atoms with Crippen LogP contribution >= 0.6 is 0 Å². The van der Waals surface area contributed by atoms with Crippen LogP contribution in [0, 0.1) is 17.0 Å². The van der Waals surface area contributed by atoms with Gasteiger partial charge in [-0.05, 0) is 43.5 Å². The molecule has 0 radical (unpaired) electrons. The van der Waals surface area contributed by atoms with Crippen molar-refractivity contribution in [2.24, 2.45) is 0 Å². The Morgan fingerprint density at radius 1 is 0.889 bits per heavy atom. The fourth-order valence-electron chi connectivity index (χ4n) is 6.41. The van der Waals surface area contributed by atoms with Crippen molar-refractivity contribution >= 4 is 28.0 Å². The summed E-state index contributed by atoms with van der Waals surface area (Å²) in [6, 6.07) is 8.11.